The quantitative estimate of drug-likeness (QED) is 0.752. The van der Waals surface area contributed by atoms with Gasteiger partial charge in [-0.15, -0.1) is 0 Å². The van der Waals surface area contributed by atoms with E-state index in [9.17, 15) is 4.79 Å². The summed E-state index contributed by atoms with van der Waals surface area (Å²) in [5.74, 6) is 1.96. The second kappa shape index (κ2) is 5.88. The Hall–Kier alpha value is -2.83. The SMILES string of the molecule is CCc1cc(=O)[nH]c(-n2nc(C)cc2NCc2ccco2)n1. The van der Waals surface area contributed by atoms with Crippen molar-refractivity contribution in [2.45, 2.75) is 26.8 Å². The summed E-state index contributed by atoms with van der Waals surface area (Å²) >= 11 is 0. The van der Waals surface area contributed by atoms with E-state index in [-0.39, 0.29) is 5.56 Å². The van der Waals surface area contributed by atoms with Gasteiger partial charge in [0.2, 0.25) is 5.95 Å². The highest BCUT2D eigenvalue weighted by Crippen LogP contribution is 2.15. The molecule has 3 heterocycles. The average Bonchev–Trinajstić information content (AvgIpc) is 3.13. The molecular weight excluding hydrogens is 282 g/mol. The van der Waals surface area contributed by atoms with Crippen LogP contribution in [0.25, 0.3) is 5.95 Å². The molecule has 7 nitrogen and oxygen atoms in total. The first kappa shape index (κ1) is 14.1. The van der Waals surface area contributed by atoms with Crippen molar-refractivity contribution in [3.8, 4) is 5.95 Å². The number of anilines is 1. The number of nitrogens with zero attached hydrogens (tertiary/aromatic N) is 3. The van der Waals surface area contributed by atoms with Gasteiger partial charge in [-0.05, 0) is 25.5 Å². The number of hydrogen-bond donors (Lipinski definition) is 2. The van der Waals surface area contributed by atoms with Crippen molar-refractivity contribution in [3.05, 3.63) is 58.0 Å². The van der Waals surface area contributed by atoms with Crippen molar-refractivity contribution >= 4 is 5.82 Å². The summed E-state index contributed by atoms with van der Waals surface area (Å²) in [5, 5.41) is 7.62. The van der Waals surface area contributed by atoms with Gasteiger partial charge in [0.15, 0.2) is 0 Å². The molecular formula is C15H17N5O2. The topological polar surface area (TPSA) is 88.7 Å². The summed E-state index contributed by atoms with van der Waals surface area (Å²) < 4.78 is 6.89. The van der Waals surface area contributed by atoms with E-state index in [2.05, 4.69) is 20.4 Å². The summed E-state index contributed by atoms with van der Waals surface area (Å²) in [6.07, 6.45) is 2.32. The number of furan rings is 1. The average molecular weight is 299 g/mol. The normalized spacial score (nSPS) is 10.8. The standard InChI is InChI=1S/C15H17N5O2/c1-3-11-8-14(21)18-15(17-11)20-13(7-10(2)19-20)16-9-12-5-4-6-22-12/h4-8,16H,3,9H2,1-2H3,(H,17,18,21). The molecule has 0 radical (unpaired) electrons. The number of hydrogen-bond acceptors (Lipinski definition) is 5. The molecule has 3 aromatic heterocycles. The van der Waals surface area contributed by atoms with Gasteiger partial charge in [-0.25, -0.2) is 4.98 Å². The maximum Gasteiger partial charge on any atom is 0.252 e. The van der Waals surface area contributed by atoms with Crippen molar-refractivity contribution < 1.29 is 4.42 Å². The maximum atomic E-state index is 11.7. The van der Waals surface area contributed by atoms with E-state index in [0.717, 1.165) is 23.0 Å². The zero-order valence-electron chi connectivity index (χ0n) is 12.5. The van der Waals surface area contributed by atoms with E-state index < -0.39 is 0 Å². The number of aromatic amines is 1. The lowest BCUT2D eigenvalue weighted by Gasteiger charge is -2.08. The molecule has 0 amide bonds. The molecule has 0 aliphatic rings. The minimum atomic E-state index is -0.188. The molecule has 114 valence electrons. The van der Waals surface area contributed by atoms with Crippen LogP contribution in [0.4, 0.5) is 5.82 Å². The summed E-state index contributed by atoms with van der Waals surface area (Å²) in [6, 6.07) is 7.11. The van der Waals surface area contributed by atoms with Crippen LogP contribution in [0.1, 0.15) is 24.1 Å². The molecule has 0 saturated carbocycles. The molecule has 3 rings (SSSR count). The smallest absolute Gasteiger partial charge is 0.252 e. The van der Waals surface area contributed by atoms with Crippen LogP contribution < -0.4 is 10.9 Å². The van der Waals surface area contributed by atoms with E-state index >= 15 is 0 Å². The summed E-state index contributed by atoms with van der Waals surface area (Å²) in [7, 11) is 0. The highest BCUT2D eigenvalue weighted by atomic mass is 16.3. The lowest BCUT2D eigenvalue weighted by atomic mass is 10.3. The lowest BCUT2D eigenvalue weighted by Crippen LogP contribution is -2.16. The molecule has 0 aliphatic carbocycles. The van der Waals surface area contributed by atoms with Gasteiger partial charge in [-0.3, -0.25) is 9.78 Å². The summed E-state index contributed by atoms with van der Waals surface area (Å²) in [6.45, 7) is 4.36. The van der Waals surface area contributed by atoms with E-state index in [1.54, 1.807) is 10.9 Å². The molecule has 7 heteroatoms. The fourth-order valence-corrected chi connectivity index (χ4v) is 2.15. The lowest BCUT2D eigenvalue weighted by molar-refractivity contribution is 0.517. The zero-order valence-corrected chi connectivity index (χ0v) is 12.5. The number of rotatable bonds is 5. The van der Waals surface area contributed by atoms with Crippen LogP contribution >= 0.6 is 0 Å². The minimum absolute atomic E-state index is 0.188. The van der Waals surface area contributed by atoms with Gasteiger partial charge < -0.3 is 9.73 Å². The fourth-order valence-electron chi connectivity index (χ4n) is 2.15. The van der Waals surface area contributed by atoms with Crippen LogP contribution in [-0.2, 0) is 13.0 Å². The number of nitrogens with one attached hydrogen (secondary N) is 2. The predicted octanol–water partition coefficient (Wildman–Crippen LogP) is 2.03. The third kappa shape index (κ3) is 2.93. The second-order valence-corrected chi connectivity index (χ2v) is 4.93. The van der Waals surface area contributed by atoms with Crippen LogP contribution in [0.15, 0.2) is 39.7 Å². The predicted molar refractivity (Wildman–Crippen MR) is 82.1 cm³/mol. The molecule has 2 N–H and O–H groups in total. The maximum absolute atomic E-state index is 11.7. The van der Waals surface area contributed by atoms with Crippen LogP contribution in [0, 0.1) is 6.92 Å². The first-order valence-corrected chi connectivity index (χ1v) is 7.09. The van der Waals surface area contributed by atoms with Gasteiger partial charge in [-0.1, -0.05) is 6.92 Å². The van der Waals surface area contributed by atoms with Crippen molar-refractivity contribution in [1.82, 2.24) is 19.7 Å². The molecule has 0 spiro atoms. The van der Waals surface area contributed by atoms with Crippen molar-refractivity contribution in [3.63, 3.8) is 0 Å². The minimum Gasteiger partial charge on any atom is -0.467 e. The molecule has 0 aromatic carbocycles. The molecule has 0 saturated heterocycles. The molecule has 0 fully saturated rings. The van der Waals surface area contributed by atoms with Crippen LogP contribution in [0.2, 0.25) is 0 Å². The summed E-state index contributed by atoms with van der Waals surface area (Å²) in [5.41, 5.74) is 1.36. The Morgan fingerprint density at radius 1 is 1.41 bits per heavy atom. The Kier molecular flexibility index (Phi) is 3.78. The molecule has 0 unspecified atom stereocenters. The molecule has 22 heavy (non-hydrogen) atoms. The van der Waals surface area contributed by atoms with Crippen molar-refractivity contribution in [2.24, 2.45) is 0 Å². The molecule has 3 aromatic rings. The van der Waals surface area contributed by atoms with Crippen molar-refractivity contribution in [1.29, 1.82) is 0 Å². The fraction of sp³-hybridized carbons (Fsp3) is 0.267. The largest absolute Gasteiger partial charge is 0.467 e. The number of aromatic nitrogens is 4. The first-order chi connectivity index (χ1) is 10.7. The van der Waals surface area contributed by atoms with Crippen LogP contribution in [-0.4, -0.2) is 19.7 Å². The van der Waals surface area contributed by atoms with Crippen LogP contribution in [0.5, 0.6) is 0 Å². The van der Waals surface area contributed by atoms with Gasteiger partial charge in [0.25, 0.3) is 5.56 Å². The van der Waals surface area contributed by atoms with E-state index in [0.29, 0.717) is 18.9 Å². The third-order valence-electron chi connectivity index (χ3n) is 3.20. The zero-order chi connectivity index (χ0) is 15.5. The first-order valence-electron chi connectivity index (χ1n) is 7.09. The Morgan fingerprint density at radius 3 is 3.00 bits per heavy atom. The Morgan fingerprint density at radius 2 is 2.27 bits per heavy atom. The molecule has 0 atom stereocenters. The number of aryl methyl sites for hydroxylation is 2. The van der Waals surface area contributed by atoms with E-state index in [1.165, 1.54) is 6.07 Å². The Labute approximate surface area is 127 Å². The van der Waals surface area contributed by atoms with Gasteiger partial charge >= 0.3 is 0 Å². The van der Waals surface area contributed by atoms with Gasteiger partial charge in [0.05, 0.1) is 18.5 Å². The monoisotopic (exact) mass is 299 g/mol. The highest BCUT2D eigenvalue weighted by Gasteiger charge is 2.11. The highest BCUT2D eigenvalue weighted by molar-refractivity contribution is 5.42. The van der Waals surface area contributed by atoms with E-state index in [1.807, 2.05) is 32.0 Å². The van der Waals surface area contributed by atoms with E-state index in [4.69, 9.17) is 4.42 Å². The van der Waals surface area contributed by atoms with Crippen LogP contribution in [0.3, 0.4) is 0 Å². The number of H-pyrrole nitrogens is 1. The van der Waals surface area contributed by atoms with Gasteiger partial charge in [0.1, 0.15) is 11.6 Å². The summed E-state index contributed by atoms with van der Waals surface area (Å²) in [4.78, 5) is 18.9. The second-order valence-electron chi connectivity index (χ2n) is 4.93. The third-order valence-corrected chi connectivity index (χ3v) is 3.20. The van der Waals surface area contributed by atoms with Gasteiger partial charge in [-0.2, -0.15) is 9.78 Å². The van der Waals surface area contributed by atoms with Gasteiger partial charge in [0, 0.05) is 17.8 Å². The molecule has 0 aliphatic heterocycles. The Bertz CT molecular complexity index is 817. The Balaban J connectivity index is 1.93. The molecule has 0 bridgehead atoms. The van der Waals surface area contributed by atoms with Crippen molar-refractivity contribution in [2.75, 3.05) is 5.32 Å².